The minimum Gasteiger partial charge on any atom is -0.479 e. The molecule has 1 saturated carbocycles. The number of nitrogens with one attached hydrogen (secondary N) is 1. The van der Waals surface area contributed by atoms with Crippen molar-refractivity contribution in [3.63, 3.8) is 0 Å². The van der Waals surface area contributed by atoms with Gasteiger partial charge in [-0.05, 0) is 42.9 Å². The van der Waals surface area contributed by atoms with Gasteiger partial charge < -0.3 is 9.84 Å². The van der Waals surface area contributed by atoms with Gasteiger partial charge in [-0.15, -0.1) is 0 Å². The molecule has 1 aromatic carbocycles. The van der Waals surface area contributed by atoms with Crippen molar-refractivity contribution in [1.29, 1.82) is 0 Å². The highest BCUT2D eigenvalue weighted by molar-refractivity contribution is 7.89. The number of hydrogen-bond donors (Lipinski definition) is 2. The van der Waals surface area contributed by atoms with Crippen molar-refractivity contribution < 1.29 is 23.1 Å². The molecule has 0 unspecified atom stereocenters. The second kappa shape index (κ2) is 5.40. The summed E-state index contributed by atoms with van der Waals surface area (Å²) in [5, 5.41) is 9.00. The quantitative estimate of drug-likeness (QED) is 0.849. The van der Waals surface area contributed by atoms with Crippen LogP contribution in [0.25, 0.3) is 0 Å². The topological polar surface area (TPSA) is 92.7 Å². The van der Waals surface area contributed by atoms with E-state index in [1.165, 1.54) is 0 Å². The Bertz CT molecular complexity index is 636. The average Bonchev–Trinajstić information content (AvgIpc) is 3.19. The second-order valence-electron chi connectivity index (χ2n) is 5.49. The third-order valence-electron chi connectivity index (χ3n) is 3.88. The van der Waals surface area contributed by atoms with Gasteiger partial charge in [0.15, 0.2) is 6.10 Å². The summed E-state index contributed by atoms with van der Waals surface area (Å²) >= 11 is 0. The standard InChI is InChI=1S/C14H17NO5S/c16-14(17)13-12(7-8-20-13)15-21(18,19)11-5-3-10(4-6-11)9-1-2-9/h3-6,9,12-13,15H,1-2,7-8H2,(H,16,17)/t12-,13+/m0/s1. The fourth-order valence-corrected chi connectivity index (χ4v) is 3.83. The van der Waals surface area contributed by atoms with Gasteiger partial charge in [0.25, 0.3) is 0 Å². The molecule has 1 saturated heterocycles. The maximum Gasteiger partial charge on any atom is 0.334 e. The van der Waals surface area contributed by atoms with Crippen molar-refractivity contribution in [3.8, 4) is 0 Å². The van der Waals surface area contributed by atoms with Crippen molar-refractivity contribution in [1.82, 2.24) is 4.72 Å². The molecule has 2 fully saturated rings. The van der Waals surface area contributed by atoms with Crippen molar-refractivity contribution in [2.75, 3.05) is 6.61 Å². The molecule has 2 atom stereocenters. The third-order valence-corrected chi connectivity index (χ3v) is 5.39. The molecule has 0 aromatic heterocycles. The van der Waals surface area contributed by atoms with Crippen molar-refractivity contribution >= 4 is 16.0 Å². The van der Waals surface area contributed by atoms with E-state index in [1.54, 1.807) is 12.1 Å². The van der Waals surface area contributed by atoms with Crippen LogP contribution in [0.5, 0.6) is 0 Å². The van der Waals surface area contributed by atoms with E-state index in [9.17, 15) is 13.2 Å². The maximum absolute atomic E-state index is 12.3. The molecule has 2 N–H and O–H groups in total. The molecular weight excluding hydrogens is 294 g/mol. The Hall–Kier alpha value is -1.44. The minimum absolute atomic E-state index is 0.155. The van der Waals surface area contributed by atoms with Crippen molar-refractivity contribution in [3.05, 3.63) is 29.8 Å². The van der Waals surface area contributed by atoms with Crippen LogP contribution in [0.1, 0.15) is 30.7 Å². The molecule has 7 heteroatoms. The second-order valence-corrected chi connectivity index (χ2v) is 7.20. The molecular formula is C14H17NO5S. The molecule has 1 aliphatic carbocycles. The summed E-state index contributed by atoms with van der Waals surface area (Å²) in [5.74, 6) is -0.585. The molecule has 0 radical (unpaired) electrons. The van der Waals surface area contributed by atoms with Crippen LogP contribution in [0.15, 0.2) is 29.2 Å². The largest absolute Gasteiger partial charge is 0.479 e. The van der Waals surface area contributed by atoms with Crippen LogP contribution in [0.2, 0.25) is 0 Å². The Labute approximate surface area is 123 Å². The smallest absolute Gasteiger partial charge is 0.334 e. The van der Waals surface area contributed by atoms with E-state index >= 15 is 0 Å². The fraction of sp³-hybridized carbons (Fsp3) is 0.500. The Morgan fingerprint density at radius 3 is 2.43 bits per heavy atom. The van der Waals surface area contributed by atoms with Crippen LogP contribution >= 0.6 is 0 Å². The number of carboxylic acids is 1. The van der Waals surface area contributed by atoms with Gasteiger partial charge in [0.2, 0.25) is 10.0 Å². The molecule has 3 rings (SSSR count). The van der Waals surface area contributed by atoms with E-state index in [1.807, 2.05) is 12.1 Å². The average molecular weight is 311 g/mol. The van der Waals surface area contributed by atoms with Gasteiger partial charge >= 0.3 is 5.97 Å². The summed E-state index contributed by atoms with van der Waals surface area (Å²) < 4.78 is 32.1. The number of hydrogen-bond acceptors (Lipinski definition) is 4. The molecule has 0 bridgehead atoms. The number of carboxylic acid groups (broad SMARTS) is 1. The minimum atomic E-state index is -3.73. The lowest BCUT2D eigenvalue weighted by Crippen LogP contribution is -2.43. The van der Waals surface area contributed by atoms with Gasteiger partial charge in [-0.1, -0.05) is 12.1 Å². The number of ether oxygens (including phenoxy) is 1. The lowest BCUT2D eigenvalue weighted by atomic mass is 10.1. The zero-order valence-corrected chi connectivity index (χ0v) is 12.2. The van der Waals surface area contributed by atoms with Gasteiger partial charge in [0.1, 0.15) is 0 Å². The highest BCUT2D eigenvalue weighted by atomic mass is 32.2. The first kappa shape index (κ1) is 14.5. The lowest BCUT2D eigenvalue weighted by Gasteiger charge is -2.16. The Kier molecular flexibility index (Phi) is 3.73. The predicted octanol–water partition coefficient (Wildman–Crippen LogP) is 1.08. The molecule has 114 valence electrons. The number of carbonyl (C=O) groups is 1. The number of rotatable bonds is 5. The first-order valence-electron chi connectivity index (χ1n) is 6.94. The SMILES string of the molecule is O=C(O)[C@@H]1OCC[C@@H]1NS(=O)(=O)c1ccc(C2CC2)cc1. The zero-order valence-electron chi connectivity index (χ0n) is 11.4. The molecule has 0 amide bonds. The van der Waals surface area contributed by atoms with Crippen molar-refractivity contribution in [2.24, 2.45) is 0 Å². The Morgan fingerprint density at radius 1 is 1.19 bits per heavy atom. The molecule has 21 heavy (non-hydrogen) atoms. The van der Waals surface area contributed by atoms with E-state index < -0.39 is 28.1 Å². The summed E-state index contributed by atoms with van der Waals surface area (Å²) in [5.41, 5.74) is 1.15. The van der Waals surface area contributed by atoms with Gasteiger partial charge in [0.05, 0.1) is 10.9 Å². The summed E-state index contributed by atoms with van der Waals surface area (Å²) in [6.45, 7) is 0.241. The van der Waals surface area contributed by atoms with E-state index in [0.29, 0.717) is 12.3 Å². The molecule has 1 heterocycles. The number of aliphatic carboxylic acids is 1. The van der Waals surface area contributed by atoms with E-state index in [2.05, 4.69) is 4.72 Å². The van der Waals surface area contributed by atoms with Gasteiger partial charge in [0, 0.05) is 6.61 Å². The first-order valence-corrected chi connectivity index (χ1v) is 8.42. The Morgan fingerprint density at radius 2 is 1.86 bits per heavy atom. The summed E-state index contributed by atoms with van der Waals surface area (Å²) in [6.07, 6.45) is 1.55. The van der Waals surface area contributed by atoms with Crippen LogP contribution in [-0.4, -0.2) is 38.2 Å². The Balaban J connectivity index is 1.75. The van der Waals surface area contributed by atoms with E-state index in [-0.39, 0.29) is 11.5 Å². The first-order chi connectivity index (χ1) is 9.97. The van der Waals surface area contributed by atoms with Crippen LogP contribution in [0, 0.1) is 0 Å². The fourth-order valence-electron chi connectivity index (χ4n) is 2.56. The van der Waals surface area contributed by atoms with Crippen LogP contribution in [0.4, 0.5) is 0 Å². The highest BCUT2D eigenvalue weighted by Crippen LogP contribution is 2.40. The third kappa shape index (κ3) is 3.09. The van der Waals surface area contributed by atoms with Gasteiger partial charge in [-0.3, -0.25) is 0 Å². The molecule has 0 spiro atoms. The predicted molar refractivity (Wildman–Crippen MR) is 74.5 cm³/mol. The van der Waals surface area contributed by atoms with Gasteiger partial charge in [-0.2, -0.15) is 0 Å². The van der Waals surface area contributed by atoms with Crippen LogP contribution in [0.3, 0.4) is 0 Å². The normalized spacial score (nSPS) is 25.9. The number of sulfonamides is 1. The van der Waals surface area contributed by atoms with Crippen LogP contribution in [-0.2, 0) is 19.6 Å². The highest BCUT2D eigenvalue weighted by Gasteiger charge is 2.37. The summed E-state index contributed by atoms with van der Waals surface area (Å²) in [6, 6.07) is 6.07. The van der Waals surface area contributed by atoms with E-state index in [0.717, 1.165) is 18.4 Å². The van der Waals surface area contributed by atoms with E-state index in [4.69, 9.17) is 9.84 Å². The molecule has 1 aromatic rings. The van der Waals surface area contributed by atoms with Crippen molar-refractivity contribution in [2.45, 2.75) is 42.2 Å². The molecule has 6 nitrogen and oxygen atoms in total. The number of benzene rings is 1. The zero-order chi connectivity index (χ0) is 15.0. The monoisotopic (exact) mass is 311 g/mol. The molecule has 2 aliphatic rings. The summed E-state index contributed by atoms with van der Waals surface area (Å²) in [7, 11) is -3.73. The van der Waals surface area contributed by atoms with Crippen LogP contribution < -0.4 is 4.72 Å². The lowest BCUT2D eigenvalue weighted by molar-refractivity contribution is -0.147. The maximum atomic E-state index is 12.3. The molecule has 1 aliphatic heterocycles. The van der Waals surface area contributed by atoms with Gasteiger partial charge in [-0.25, -0.2) is 17.9 Å². The summed E-state index contributed by atoms with van der Waals surface area (Å²) in [4.78, 5) is 11.2.